The molecule has 0 aliphatic carbocycles. The lowest BCUT2D eigenvalue weighted by atomic mass is 9.74. The van der Waals surface area contributed by atoms with Crippen molar-refractivity contribution in [1.29, 1.82) is 0 Å². The molecule has 35 heavy (non-hydrogen) atoms. The fraction of sp³-hybridized carbons (Fsp3) is 0.667. The summed E-state index contributed by atoms with van der Waals surface area (Å²) >= 11 is 0. The van der Waals surface area contributed by atoms with Crippen LogP contribution in [0.5, 0.6) is 5.75 Å². The normalized spacial score (nSPS) is 18.4. The van der Waals surface area contributed by atoms with E-state index in [9.17, 15) is 19.6 Å². The van der Waals surface area contributed by atoms with Gasteiger partial charge < -0.3 is 14.8 Å². The van der Waals surface area contributed by atoms with E-state index >= 15 is 0 Å². The van der Waals surface area contributed by atoms with Crippen LogP contribution in [-0.2, 0) is 25.5 Å². The number of methoxy groups -OCH3 is 1. The molecule has 8 heteroatoms. The summed E-state index contributed by atoms with van der Waals surface area (Å²) in [6, 6.07) is 7.07. The fourth-order valence-corrected chi connectivity index (χ4v) is 4.56. The topological polar surface area (TPSA) is 105 Å². The number of carbonyl (C=O) groups excluding carboxylic acids is 3. The molecule has 1 aromatic rings. The number of rotatable bonds is 14. The molecule has 1 unspecified atom stereocenters. The summed E-state index contributed by atoms with van der Waals surface area (Å²) in [6.45, 7) is 8.66. The maximum Gasteiger partial charge on any atom is 0.233 e. The number of nitrogens with zero attached hydrogens (tertiary/aromatic N) is 1. The van der Waals surface area contributed by atoms with Gasteiger partial charge in [0.15, 0.2) is 0 Å². The first-order valence-corrected chi connectivity index (χ1v) is 12.5. The van der Waals surface area contributed by atoms with E-state index in [1.165, 1.54) is 0 Å². The number of nitrogens with one attached hydrogen (secondary N) is 1. The minimum atomic E-state index is -0.688. The van der Waals surface area contributed by atoms with Crippen molar-refractivity contribution in [1.82, 2.24) is 10.4 Å². The van der Waals surface area contributed by atoms with Crippen molar-refractivity contribution in [3.8, 4) is 5.75 Å². The molecule has 0 saturated carbocycles. The van der Waals surface area contributed by atoms with Crippen molar-refractivity contribution >= 4 is 18.1 Å². The van der Waals surface area contributed by atoms with Gasteiger partial charge in [0.25, 0.3) is 0 Å². The van der Waals surface area contributed by atoms with E-state index in [4.69, 9.17) is 9.47 Å². The Bertz CT molecular complexity index is 814. The van der Waals surface area contributed by atoms with E-state index in [2.05, 4.69) is 5.32 Å². The highest BCUT2D eigenvalue weighted by Gasteiger charge is 2.37. The van der Waals surface area contributed by atoms with Crippen LogP contribution in [-0.4, -0.2) is 60.8 Å². The molecule has 4 atom stereocenters. The highest BCUT2D eigenvalue weighted by atomic mass is 16.5. The number of hydrogen-bond acceptors (Lipinski definition) is 6. The van der Waals surface area contributed by atoms with Gasteiger partial charge in [0.05, 0.1) is 19.3 Å². The smallest absolute Gasteiger partial charge is 0.233 e. The summed E-state index contributed by atoms with van der Waals surface area (Å²) in [7, 11) is 1.62. The van der Waals surface area contributed by atoms with E-state index in [1.54, 1.807) is 14.0 Å². The van der Waals surface area contributed by atoms with Gasteiger partial charge in [0.1, 0.15) is 11.5 Å². The number of ketones is 1. The molecule has 1 heterocycles. The summed E-state index contributed by atoms with van der Waals surface area (Å²) in [6.07, 6.45) is 4.25. The van der Waals surface area contributed by atoms with Crippen molar-refractivity contribution in [2.75, 3.05) is 20.3 Å². The third-order valence-corrected chi connectivity index (χ3v) is 6.96. The van der Waals surface area contributed by atoms with Crippen molar-refractivity contribution < 1.29 is 29.1 Å². The maximum absolute atomic E-state index is 13.5. The monoisotopic (exact) mass is 490 g/mol. The zero-order valence-corrected chi connectivity index (χ0v) is 21.8. The highest BCUT2D eigenvalue weighted by Crippen LogP contribution is 2.32. The van der Waals surface area contributed by atoms with Crippen molar-refractivity contribution in [2.45, 2.75) is 78.4 Å². The predicted octanol–water partition coefficient (Wildman–Crippen LogP) is 3.79. The number of benzene rings is 1. The number of hydrogen-bond donors (Lipinski definition) is 2. The van der Waals surface area contributed by atoms with Gasteiger partial charge in [-0.25, -0.2) is 5.06 Å². The van der Waals surface area contributed by atoms with Gasteiger partial charge in [0.2, 0.25) is 12.3 Å². The van der Waals surface area contributed by atoms with Crippen LogP contribution in [0.4, 0.5) is 0 Å². The second-order valence-corrected chi connectivity index (χ2v) is 10.5. The molecule has 196 valence electrons. The van der Waals surface area contributed by atoms with Crippen LogP contribution >= 0.6 is 0 Å². The second-order valence-electron chi connectivity index (χ2n) is 10.5. The lowest BCUT2D eigenvalue weighted by molar-refractivity contribution is -0.166. The van der Waals surface area contributed by atoms with E-state index < -0.39 is 23.3 Å². The molecular weight excluding hydrogens is 448 g/mol. The Balaban J connectivity index is 2.06. The molecule has 1 aliphatic heterocycles. The molecule has 1 fully saturated rings. The Morgan fingerprint density at radius 3 is 2.51 bits per heavy atom. The quantitative estimate of drug-likeness (QED) is 0.234. The van der Waals surface area contributed by atoms with Crippen LogP contribution in [0.1, 0.15) is 65.4 Å². The Kier molecular flexibility index (Phi) is 11.2. The molecule has 1 aromatic carbocycles. The highest BCUT2D eigenvalue weighted by molar-refractivity contribution is 5.89. The van der Waals surface area contributed by atoms with Gasteiger partial charge in [-0.05, 0) is 62.1 Å². The average Bonchev–Trinajstić information content (AvgIpc) is 3.36. The van der Waals surface area contributed by atoms with Crippen LogP contribution in [0.25, 0.3) is 0 Å². The number of aryl methyl sites for hydroxylation is 1. The van der Waals surface area contributed by atoms with Crippen LogP contribution < -0.4 is 10.1 Å². The summed E-state index contributed by atoms with van der Waals surface area (Å²) in [5, 5.41) is 13.6. The summed E-state index contributed by atoms with van der Waals surface area (Å²) in [5.41, 5.74) is 0.679. The molecular formula is C27H42N2O6. The maximum atomic E-state index is 13.5. The summed E-state index contributed by atoms with van der Waals surface area (Å²) in [5.74, 6) is -0.624. The Morgan fingerprint density at radius 2 is 1.97 bits per heavy atom. The molecule has 1 aliphatic rings. The fourth-order valence-electron chi connectivity index (χ4n) is 4.56. The Hall–Kier alpha value is -2.45. The first kappa shape index (κ1) is 28.8. The van der Waals surface area contributed by atoms with Crippen molar-refractivity contribution in [3.05, 3.63) is 29.8 Å². The van der Waals surface area contributed by atoms with Crippen LogP contribution in [0, 0.1) is 17.3 Å². The van der Waals surface area contributed by atoms with Crippen LogP contribution in [0.15, 0.2) is 24.3 Å². The van der Waals surface area contributed by atoms with Crippen molar-refractivity contribution in [2.24, 2.45) is 17.3 Å². The van der Waals surface area contributed by atoms with E-state index in [1.807, 2.05) is 45.0 Å². The number of ether oxygens (including phenoxy) is 2. The minimum Gasteiger partial charge on any atom is -0.497 e. The van der Waals surface area contributed by atoms with E-state index in [-0.39, 0.29) is 24.2 Å². The van der Waals surface area contributed by atoms with Gasteiger partial charge >= 0.3 is 0 Å². The average molecular weight is 491 g/mol. The number of hydroxylamine groups is 2. The standard InChI is InChI=1S/C27H42N2O6/c1-19(29(33)18-30)23(10-6-8-20-11-13-21(34-5)14-12-20)25(31)16-24(27(2,3)4)26(32)28-17-22-9-7-15-35-22/h11-14,18-19,22-24,33H,6-10,15-17H2,1-5H3,(H,28,32)/t19-,22?,23+,24+/m0/s1. The van der Waals surface area contributed by atoms with E-state index in [0.29, 0.717) is 37.5 Å². The largest absolute Gasteiger partial charge is 0.497 e. The third-order valence-electron chi connectivity index (χ3n) is 6.96. The molecule has 2 amide bonds. The Morgan fingerprint density at radius 1 is 1.29 bits per heavy atom. The first-order chi connectivity index (χ1) is 16.6. The summed E-state index contributed by atoms with van der Waals surface area (Å²) in [4.78, 5) is 37.8. The molecule has 0 bridgehead atoms. The van der Waals surface area contributed by atoms with Gasteiger partial charge in [-0.15, -0.1) is 0 Å². The predicted molar refractivity (Wildman–Crippen MR) is 133 cm³/mol. The number of amides is 2. The summed E-state index contributed by atoms with van der Waals surface area (Å²) < 4.78 is 10.8. The minimum absolute atomic E-state index is 0.0246. The zero-order valence-electron chi connectivity index (χ0n) is 21.8. The lowest BCUT2D eigenvalue weighted by Gasteiger charge is -2.32. The molecule has 2 N–H and O–H groups in total. The van der Waals surface area contributed by atoms with Crippen molar-refractivity contribution in [3.63, 3.8) is 0 Å². The first-order valence-electron chi connectivity index (χ1n) is 12.5. The molecule has 0 radical (unpaired) electrons. The lowest BCUT2D eigenvalue weighted by Crippen LogP contribution is -2.44. The van der Waals surface area contributed by atoms with Gasteiger partial charge in [0, 0.05) is 31.4 Å². The zero-order chi connectivity index (χ0) is 26.0. The van der Waals surface area contributed by atoms with Crippen LogP contribution in [0.2, 0.25) is 0 Å². The molecule has 2 rings (SSSR count). The van der Waals surface area contributed by atoms with Crippen LogP contribution in [0.3, 0.4) is 0 Å². The molecule has 8 nitrogen and oxygen atoms in total. The molecule has 1 saturated heterocycles. The van der Waals surface area contributed by atoms with E-state index in [0.717, 1.165) is 30.6 Å². The number of Topliss-reactive ketones (excluding diaryl/α,β-unsaturated/α-hetero) is 1. The third kappa shape index (κ3) is 8.93. The molecule has 0 aromatic heterocycles. The number of carbonyl (C=O) groups is 3. The van der Waals surface area contributed by atoms with Gasteiger partial charge in [-0.3, -0.25) is 19.6 Å². The van der Waals surface area contributed by atoms with Gasteiger partial charge in [-0.2, -0.15) is 0 Å². The Labute approximate surface area is 209 Å². The second kappa shape index (κ2) is 13.6. The SMILES string of the molecule is COc1ccc(CCC[C@@H](C(=O)C[C@H](C(=O)NCC2CCCO2)C(C)(C)C)[C@H](C)N(O)C=O)cc1. The van der Waals surface area contributed by atoms with Gasteiger partial charge in [-0.1, -0.05) is 32.9 Å². The molecule has 0 spiro atoms.